The van der Waals surface area contributed by atoms with Gasteiger partial charge in [-0.25, -0.2) is 4.79 Å². The van der Waals surface area contributed by atoms with Gasteiger partial charge in [0, 0.05) is 23.6 Å². The Hall–Kier alpha value is -2.07. The van der Waals surface area contributed by atoms with Crippen LogP contribution in [-0.4, -0.2) is 11.0 Å². The molecule has 2 N–H and O–H groups in total. The molecule has 0 saturated carbocycles. The summed E-state index contributed by atoms with van der Waals surface area (Å²) in [7, 11) is 0. The highest BCUT2D eigenvalue weighted by atomic mass is 35.5. The van der Waals surface area contributed by atoms with Crippen LogP contribution in [-0.2, 0) is 11.3 Å². The van der Waals surface area contributed by atoms with E-state index in [0.29, 0.717) is 27.4 Å². The van der Waals surface area contributed by atoms with E-state index in [9.17, 15) is 4.79 Å². The SMILES string of the molecule is Cc1c(N)cccc1C(=O)OCc1ccncc1Cl. The molecule has 0 aliphatic heterocycles. The van der Waals surface area contributed by atoms with Gasteiger partial charge in [-0.15, -0.1) is 0 Å². The van der Waals surface area contributed by atoms with Crippen molar-refractivity contribution in [3.8, 4) is 0 Å². The zero-order chi connectivity index (χ0) is 13.8. The van der Waals surface area contributed by atoms with Gasteiger partial charge in [0.2, 0.25) is 0 Å². The molecule has 1 aromatic carbocycles. The molecule has 0 radical (unpaired) electrons. The van der Waals surface area contributed by atoms with Crippen molar-refractivity contribution < 1.29 is 9.53 Å². The van der Waals surface area contributed by atoms with Crippen LogP contribution in [0.5, 0.6) is 0 Å². The molecule has 19 heavy (non-hydrogen) atoms. The Bertz CT molecular complexity index is 614. The number of hydrogen-bond acceptors (Lipinski definition) is 4. The molecule has 4 nitrogen and oxygen atoms in total. The van der Waals surface area contributed by atoms with E-state index >= 15 is 0 Å². The lowest BCUT2D eigenvalue weighted by atomic mass is 10.1. The van der Waals surface area contributed by atoms with E-state index < -0.39 is 5.97 Å². The topological polar surface area (TPSA) is 65.2 Å². The number of aromatic nitrogens is 1. The molecule has 98 valence electrons. The number of nitrogens with two attached hydrogens (primary N) is 1. The molecule has 2 rings (SSSR count). The van der Waals surface area contributed by atoms with Crippen molar-refractivity contribution in [3.63, 3.8) is 0 Å². The Balaban J connectivity index is 2.10. The van der Waals surface area contributed by atoms with Crippen LogP contribution in [0.4, 0.5) is 5.69 Å². The molecule has 2 aromatic rings. The van der Waals surface area contributed by atoms with Crippen molar-refractivity contribution >= 4 is 23.3 Å². The number of halogens is 1. The lowest BCUT2D eigenvalue weighted by Gasteiger charge is -2.09. The minimum atomic E-state index is -0.419. The second-order valence-electron chi connectivity index (χ2n) is 4.06. The first-order valence-corrected chi connectivity index (χ1v) is 6.08. The number of ether oxygens (including phenoxy) is 1. The molecule has 0 amide bonds. The molecule has 0 aliphatic carbocycles. The first-order valence-electron chi connectivity index (χ1n) is 5.70. The van der Waals surface area contributed by atoms with Gasteiger partial charge in [0.05, 0.1) is 10.6 Å². The number of pyridine rings is 1. The van der Waals surface area contributed by atoms with E-state index in [1.54, 1.807) is 37.4 Å². The number of rotatable bonds is 3. The predicted molar refractivity (Wildman–Crippen MR) is 74.0 cm³/mol. The lowest BCUT2D eigenvalue weighted by molar-refractivity contribution is 0.0472. The number of nitrogens with zero attached hydrogens (tertiary/aromatic N) is 1. The standard InChI is InChI=1S/C14H13ClN2O2/c1-9-11(3-2-4-13(9)16)14(18)19-8-10-5-6-17-7-12(10)15/h2-7H,8,16H2,1H3. The Labute approximate surface area is 116 Å². The van der Waals surface area contributed by atoms with Crippen LogP contribution in [0.25, 0.3) is 0 Å². The van der Waals surface area contributed by atoms with Gasteiger partial charge >= 0.3 is 5.97 Å². The number of hydrogen-bond donors (Lipinski definition) is 1. The fourth-order valence-electron chi connectivity index (χ4n) is 1.62. The van der Waals surface area contributed by atoms with Crippen LogP contribution in [0.15, 0.2) is 36.7 Å². The summed E-state index contributed by atoms with van der Waals surface area (Å²) in [6, 6.07) is 6.86. The molecule has 0 fully saturated rings. The molecule has 0 spiro atoms. The van der Waals surface area contributed by atoms with Gasteiger partial charge in [-0.2, -0.15) is 0 Å². The summed E-state index contributed by atoms with van der Waals surface area (Å²) in [4.78, 5) is 15.8. The average Bonchev–Trinajstić information content (AvgIpc) is 2.40. The van der Waals surface area contributed by atoms with Gasteiger partial charge in [-0.1, -0.05) is 17.7 Å². The molecule has 0 atom stereocenters. The van der Waals surface area contributed by atoms with Gasteiger partial charge in [0.25, 0.3) is 0 Å². The number of carbonyl (C=O) groups excluding carboxylic acids is 1. The van der Waals surface area contributed by atoms with Crippen molar-refractivity contribution in [2.24, 2.45) is 0 Å². The van der Waals surface area contributed by atoms with Crippen molar-refractivity contribution in [2.75, 3.05) is 5.73 Å². The first-order chi connectivity index (χ1) is 9.09. The molecule has 0 aliphatic rings. The van der Waals surface area contributed by atoms with Crippen LogP contribution >= 0.6 is 11.6 Å². The highest BCUT2D eigenvalue weighted by molar-refractivity contribution is 6.31. The Kier molecular flexibility index (Phi) is 4.02. The van der Waals surface area contributed by atoms with E-state index in [0.717, 1.165) is 0 Å². The van der Waals surface area contributed by atoms with E-state index in [1.807, 2.05) is 0 Å². The average molecular weight is 277 g/mol. The summed E-state index contributed by atoms with van der Waals surface area (Å²) < 4.78 is 5.22. The molecular weight excluding hydrogens is 264 g/mol. The summed E-state index contributed by atoms with van der Waals surface area (Å²) in [6.07, 6.45) is 3.11. The lowest BCUT2D eigenvalue weighted by Crippen LogP contribution is -2.08. The number of benzene rings is 1. The van der Waals surface area contributed by atoms with Crippen LogP contribution in [0.2, 0.25) is 5.02 Å². The fraction of sp³-hybridized carbons (Fsp3) is 0.143. The minimum Gasteiger partial charge on any atom is -0.457 e. The third-order valence-corrected chi connectivity index (χ3v) is 3.15. The minimum absolute atomic E-state index is 0.106. The highest BCUT2D eigenvalue weighted by Crippen LogP contribution is 2.18. The quantitative estimate of drug-likeness (QED) is 0.691. The molecular formula is C14H13ClN2O2. The van der Waals surface area contributed by atoms with E-state index in [-0.39, 0.29) is 6.61 Å². The van der Waals surface area contributed by atoms with Gasteiger partial charge in [0.15, 0.2) is 0 Å². The molecule has 5 heteroatoms. The molecule has 1 aromatic heterocycles. The second-order valence-corrected chi connectivity index (χ2v) is 4.47. The first kappa shape index (κ1) is 13.4. The summed E-state index contributed by atoms with van der Waals surface area (Å²) in [5.41, 5.74) is 8.21. The van der Waals surface area contributed by atoms with Gasteiger partial charge < -0.3 is 10.5 Å². The summed E-state index contributed by atoms with van der Waals surface area (Å²) in [5.74, 6) is -0.419. The number of nitrogen functional groups attached to an aromatic ring is 1. The van der Waals surface area contributed by atoms with Crippen LogP contribution in [0, 0.1) is 6.92 Å². The van der Waals surface area contributed by atoms with E-state index in [4.69, 9.17) is 22.1 Å². The largest absolute Gasteiger partial charge is 0.457 e. The Morgan fingerprint density at radius 1 is 1.42 bits per heavy atom. The van der Waals surface area contributed by atoms with Crippen LogP contribution in [0.3, 0.4) is 0 Å². The summed E-state index contributed by atoms with van der Waals surface area (Å²) in [6.45, 7) is 1.89. The smallest absolute Gasteiger partial charge is 0.338 e. The van der Waals surface area contributed by atoms with Crippen molar-refractivity contribution in [2.45, 2.75) is 13.5 Å². The fourth-order valence-corrected chi connectivity index (χ4v) is 1.79. The van der Waals surface area contributed by atoms with Gasteiger partial charge in [-0.3, -0.25) is 4.98 Å². The third kappa shape index (κ3) is 3.03. The van der Waals surface area contributed by atoms with Crippen molar-refractivity contribution in [1.82, 2.24) is 4.98 Å². The molecule has 0 unspecified atom stereocenters. The van der Waals surface area contributed by atoms with Gasteiger partial charge in [0.1, 0.15) is 6.61 Å². The van der Waals surface area contributed by atoms with Crippen molar-refractivity contribution in [3.05, 3.63) is 58.4 Å². The maximum atomic E-state index is 12.0. The normalized spacial score (nSPS) is 10.2. The zero-order valence-corrected chi connectivity index (χ0v) is 11.1. The van der Waals surface area contributed by atoms with Crippen LogP contribution in [0.1, 0.15) is 21.5 Å². The van der Waals surface area contributed by atoms with E-state index in [1.165, 1.54) is 6.20 Å². The number of anilines is 1. The number of carbonyl (C=O) groups is 1. The molecule has 0 saturated heterocycles. The molecule has 0 bridgehead atoms. The molecule has 1 heterocycles. The van der Waals surface area contributed by atoms with E-state index in [2.05, 4.69) is 4.98 Å². The number of esters is 1. The van der Waals surface area contributed by atoms with Gasteiger partial charge in [-0.05, 0) is 30.7 Å². The zero-order valence-electron chi connectivity index (χ0n) is 10.4. The summed E-state index contributed by atoms with van der Waals surface area (Å²) in [5, 5.41) is 0.472. The third-order valence-electron chi connectivity index (χ3n) is 2.81. The maximum Gasteiger partial charge on any atom is 0.338 e. The Morgan fingerprint density at radius 3 is 2.95 bits per heavy atom. The monoisotopic (exact) mass is 276 g/mol. The van der Waals surface area contributed by atoms with Crippen molar-refractivity contribution in [1.29, 1.82) is 0 Å². The van der Waals surface area contributed by atoms with Crippen LogP contribution < -0.4 is 5.73 Å². The summed E-state index contributed by atoms with van der Waals surface area (Å²) >= 11 is 5.94. The predicted octanol–water partition coefficient (Wildman–Crippen LogP) is 2.98. The Morgan fingerprint density at radius 2 is 2.21 bits per heavy atom. The second kappa shape index (κ2) is 5.71. The highest BCUT2D eigenvalue weighted by Gasteiger charge is 2.12. The maximum absolute atomic E-state index is 12.0.